The molecule has 0 N–H and O–H groups in total. The second kappa shape index (κ2) is 7.31. The largest absolute Gasteiger partial charge is 0.411 e. The van der Waals surface area contributed by atoms with Crippen molar-refractivity contribution in [2.45, 2.75) is 62.7 Å². The summed E-state index contributed by atoms with van der Waals surface area (Å²) in [5, 5.41) is 1.65. The summed E-state index contributed by atoms with van der Waals surface area (Å²) in [7, 11) is -5.83. The summed E-state index contributed by atoms with van der Waals surface area (Å²) in [6.45, 7) is 11.1. The first-order valence-corrected chi connectivity index (χ1v) is 13.9. The van der Waals surface area contributed by atoms with Gasteiger partial charge in [-0.25, -0.2) is 0 Å². The molecule has 0 spiro atoms. The molecular formula is C21H30O4SSi. The fourth-order valence-corrected chi connectivity index (χ4v) is 5.43. The lowest BCUT2D eigenvalue weighted by atomic mass is 10.1. The van der Waals surface area contributed by atoms with Crippen molar-refractivity contribution in [1.82, 2.24) is 0 Å². The lowest BCUT2D eigenvalue weighted by Gasteiger charge is -2.39. The van der Waals surface area contributed by atoms with Crippen molar-refractivity contribution in [3.05, 3.63) is 42.5 Å². The molecule has 6 heteroatoms. The third-order valence-electron chi connectivity index (χ3n) is 5.81. The zero-order valence-corrected chi connectivity index (χ0v) is 18.7. The Morgan fingerprint density at radius 2 is 1.70 bits per heavy atom. The van der Waals surface area contributed by atoms with Gasteiger partial charge in [-0.05, 0) is 48.3 Å². The Kier molecular flexibility index (Phi) is 5.56. The molecular weight excluding hydrogens is 376 g/mol. The SMILES string of the molecule is CC(C)(C)[Si](C)(C)O[C@H](COS(=O)(=O)c1cccc2ccccc12)C1CC1. The Morgan fingerprint density at radius 1 is 1.07 bits per heavy atom. The van der Waals surface area contributed by atoms with Crippen LogP contribution in [0.25, 0.3) is 10.8 Å². The molecule has 0 saturated heterocycles. The van der Waals surface area contributed by atoms with Crippen LogP contribution >= 0.6 is 0 Å². The lowest BCUT2D eigenvalue weighted by Crippen LogP contribution is -2.45. The van der Waals surface area contributed by atoms with Crippen molar-refractivity contribution in [3.63, 3.8) is 0 Å². The van der Waals surface area contributed by atoms with Gasteiger partial charge in [-0.2, -0.15) is 8.42 Å². The van der Waals surface area contributed by atoms with E-state index in [2.05, 4.69) is 33.9 Å². The van der Waals surface area contributed by atoms with Crippen LogP contribution < -0.4 is 0 Å². The van der Waals surface area contributed by atoms with Gasteiger partial charge in [0.05, 0.1) is 12.7 Å². The molecule has 0 aromatic heterocycles. The molecule has 4 nitrogen and oxygen atoms in total. The Hall–Kier alpha value is -1.21. The summed E-state index contributed by atoms with van der Waals surface area (Å²) in [5.41, 5.74) is 0. The summed E-state index contributed by atoms with van der Waals surface area (Å²) < 4.78 is 37.8. The molecule has 148 valence electrons. The fraction of sp³-hybridized carbons (Fsp3) is 0.524. The van der Waals surface area contributed by atoms with Crippen LogP contribution in [-0.4, -0.2) is 29.4 Å². The lowest BCUT2D eigenvalue weighted by molar-refractivity contribution is 0.100. The molecule has 1 fully saturated rings. The van der Waals surface area contributed by atoms with E-state index >= 15 is 0 Å². The first-order chi connectivity index (χ1) is 12.5. The quantitative estimate of drug-likeness (QED) is 0.460. The maximum atomic E-state index is 12.9. The van der Waals surface area contributed by atoms with Crippen molar-refractivity contribution in [2.75, 3.05) is 6.61 Å². The van der Waals surface area contributed by atoms with Gasteiger partial charge < -0.3 is 4.43 Å². The van der Waals surface area contributed by atoms with Gasteiger partial charge >= 0.3 is 0 Å². The average molecular weight is 407 g/mol. The predicted octanol–water partition coefficient (Wildman–Crippen LogP) is 5.35. The Balaban J connectivity index is 1.79. The highest BCUT2D eigenvalue weighted by Crippen LogP contribution is 2.42. The molecule has 27 heavy (non-hydrogen) atoms. The van der Waals surface area contributed by atoms with Gasteiger partial charge in [0.1, 0.15) is 4.90 Å². The summed E-state index contributed by atoms with van der Waals surface area (Å²) in [5.74, 6) is 0.404. The zero-order valence-electron chi connectivity index (χ0n) is 16.9. The molecule has 1 atom stereocenters. The van der Waals surface area contributed by atoms with E-state index in [1.807, 2.05) is 30.3 Å². The fourth-order valence-electron chi connectivity index (χ4n) is 2.92. The van der Waals surface area contributed by atoms with Gasteiger partial charge in [-0.15, -0.1) is 0 Å². The maximum Gasteiger partial charge on any atom is 0.297 e. The van der Waals surface area contributed by atoms with Crippen molar-refractivity contribution in [3.8, 4) is 0 Å². The number of rotatable bonds is 7. The molecule has 2 aromatic rings. The van der Waals surface area contributed by atoms with Crippen LogP contribution in [0.2, 0.25) is 18.1 Å². The highest BCUT2D eigenvalue weighted by atomic mass is 32.2. The molecule has 0 amide bonds. The van der Waals surface area contributed by atoms with E-state index in [9.17, 15) is 8.42 Å². The number of fused-ring (bicyclic) bond motifs is 1. The van der Waals surface area contributed by atoms with E-state index in [0.717, 1.165) is 18.2 Å². The molecule has 0 aliphatic heterocycles. The predicted molar refractivity (Wildman–Crippen MR) is 112 cm³/mol. The first kappa shape index (κ1) is 20.5. The van der Waals surface area contributed by atoms with Crippen LogP contribution in [0, 0.1) is 5.92 Å². The third-order valence-corrected chi connectivity index (χ3v) is 11.7. The second-order valence-corrected chi connectivity index (χ2v) is 15.3. The smallest absolute Gasteiger partial charge is 0.297 e. The van der Waals surface area contributed by atoms with E-state index in [0.29, 0.717) is 11.3 Å². The van der Waals surface area contributed by atoms with Gasteiger partial charge in [0.2, 0.25) is 0 Å². The Morgan fingerprint density at radius 3 is 2.33 bits per heavy atom. The first-order valence-electron chi connectivity index (χ1n) is 9.56. The third kappa shape index (κ3) is 4.62. The molecule has 2 aromatic carbocycles. The number of hydrogen-bond acceptors (Lipinski definition) is 4. The molecule has 1 saturated carbocycles. The van der Waals surface area contributed by atoms with Crippen molar-refractivity contribution < 1.29 is 17.0 Å². The number of benzene rings is 2. The minimum atomic E-state index is -3.84. The van der Waals surface area contributed by atoms with E-state index in [4.69, 9.17) is 8.61 Å². The zero-order chi connectivity index (χ0) is 19.9. The van der Waals surface area contributed by atoms with Crippen molar-refractivity contribution in [1.29, 1.82) is 0 Å². The monoisotopic (exact) mass is 406 g/mol. The summed E-state index contributed by atoms with van der Waals surface area (Å²) in [6.07, 6.45) is 2.00. The normalized spacial score (nSPS) is 17.2. The van der Waals surface area contributed by atoms with Crippen LogP contribution in [-0.2, 0) is 18.7 Å². The van der Waals surface area contributed by atoms with Gasteiger partial charge in [0.15, 0.2) is 8.32 Å². The van der Waals surface area contributed by atoms with Gasteiger partial charge in [-0.3, -0.25) is 4.18 Å². The second-order valence-electron chi connectivity index (χ2n) is 8.97. The molecule has 0 unspecified atom stereocenters. The summed E-state index contributed by atoms with van der Waals surface area (Å²) in [4.78, 5) is 0.225. The van der Waals surface area contributed by atoms with Crippen LogP contribution in [0.3, 0.4) is 0 Å². The van der Waals surface area contributed by atoms with Crippen LogP contribution in [0.1, 0.15) is 33.6 Å². The van der Waals surface area contributed by atoms with Crippen LogP contribution in [0.15, 0.2) is 47.4 Å². The summed E-state index contributed by atoms with van der Waals surface area (Å²) in [6, 6.07) is 12.7. The average Bonchev–Trinajstić information content (AvgIpc) is 3.42. The van der Waals surface area contributed by atoms with Crippen molar-refractivity contribution >= 4 is 29.2 Å². The topological polar surface area (TPSA) is 52.6 Å². The van der Waals surface area contributed by atoms with Gasteiger partial charge in [0, 0.05) is 5.39 Å². The molecule has 0 radical (unpaired) electrons. The van der Waals surface area contributed by atoms with Crippen molar-refractivity contribution in [2.24, 2.45) is 5.92 Å². The molecule has 1 aliphatic carbocycles. The highest BCUT2D eigenvalue weighted by Gasteiger charge is 2.43. The minimum absolute atomic E-state index is 0.0780. The summed E-state index contributed by atoms with van der Waals surface area (Å²) >= 11 is 0. The van der Waals surface area contributed by atoms with E-state index in [-0.39, 0.29) is 22.6 Å². The maximum absolute atomic E-state index is 12.9. The van der Waals surface area contributed by atoms with E-state index in [1.165, 1.54) is 0 Å². The standard InChI is InChI=1S/C21H30O4SSi/c1-21(2,3)27(4,5)25-19(17-13-14-17)15-24-26(22,23)20-12-8-10-16-9-6-7-11-18(16)20/h6-12,17,19H,13-15H2,1-5H3/t19-/m1/s1. The van der Waals surface area contributed by atoms with E-state index in [1.54, 1.807) is 12.1 Å². The highest BCUT2D eigenvalue weighted by molar-refractivity contribution is 7.87. The minimum Gasteiger partial charge on any atom is -0.411 e. The molecule has 0 heterocycles. The Bertz CT molecular complexity index is 906. The van der Waals surface area contributed by atoms with E-state index < -0.39 is 18.4 Å². The van der Waals surface area contributed by atoms with Crippen LogP contribution in [0.4, 0.5) is 0 Å². The molecule has 0 bridgehead atoms. The number of hydrogen-bond donors (Lipinski definition) is 0. The van der Waals surface area contributed by atoms with Gasteiger partial charge in [-0.1, -0.05) is 57.2 Å². The molecule has 3 rings (SSSR count). The van der Waals surface area contributed by atoms with Gasteiger partial charge in [0.25, 0.3) is 10.1 Å². The van der Waals surface area contributed by atoms with Crippen LogP contribution in [0.5, 0.6) is 0 Å². The Labute approximate surface area is 164 Å². The molecule has 1 aliphatic rings.